The Morgan fingerprint density at radius 1 is 1.33 bits per heavy atom. The molecule has 1 aliphatic rings. The van der Waals surface area contributed by atoms with E-state index in [0.717, 1.165) is 11.8 Å². The number of rotatable bonds is 5. The van der Waals surface area contributed by atoms with Gasteiger partial charge >= 0.3 is 0 Å². The molecule has 1 saturated heterocycles. The molecule has 0 bridgehead atoms. The molecular formula is C17H15ClN6O4S2. The van der Waals surface area contributed by atoms with Gasteiger partial charge in [0.15, 0.2) is 5.69 Å². The Bertz CT molecular complexity index is 1060. The molecule has 10 nitrogen and oxygen atoms in total. The molecule has 3 aromatic rings. The average molecular weight is 467 g/mol. The van der Waals surface area contributed by atoms with Gasteiger partial charge in [-0.05, 0) is 6.07 Å². The fourth-order valence-electron chi connectivity index (χ4n) is 3.05. The third kappa shape index (κ3) is 4.06. The molecule has 1 fully saturated rings. The Kier molecular flexibility index (Phi) is 6.30. The van der Waals surface area contributed by atoms with Crippen LogP contribution in [0.2, 0.25) is 5.02 Å². The fraction of sp³-hybridized carbons (Fsp3) is 0.353. The lowest BCUT2D eigenvalue weighted by atomic mass is 9.97. The normalized spacial score (nSPS) is 26.4. The molecule has 0 aromatic carbocycles. The summed E-state index contributed by atoms with van der Waals surface area (Å²) in [4.78, 5) is 8.69. The summed E-state index contributed by atoms with van der Waals surface area (Å²) in [5.41, 5.74) is -0.275. The molecule has 5 unspecified atom stereocenters. The first kappa shape index (κ1) is 21.1. The second-order valence-electron chi connectivity index (χ2n) is 6.35. The van der Waals surface area contributed by atoms with Gasteiger partial charge in [-0.25, -0.2) is 14.6 Å². The molecule has 13 heteroatoms. The van der Waals surface area contributed by atoms with Gasteiger partial charge in [-0.15, -0.1) is 16.4 Å². The van der Waals surface area contributed by atoms with Gasteiger partial charge in [-0.1, -0.05) is 28.6 Å². The number of nitriles is 1. The van der Waals surface area contributed by atoms with Crippen LogP contribution in [0.3, 0.4) is 0 Å². The number of pyridine rings is 1. The zero-order valence-electron chi connectivity index (χ0n) is 15.1. The lowest BCUT2D eigenvalue weighted by Crippen LogP contribution is -2.55. The van der Waals surface area contributed by atoms with Crippen molar-refractivity contribution in [3.8, 4) is 16.8 Å². The molecule has 0 saturated carbocycles. The van der Waals surface area contributed by atoms with Gasteiger partial charge in [0.25, 0.3) is 0 Å². The van der Waals surface area contributed by atoms with Crippen LogP contribution in [0.15, 0.2) is 34.9 Å². The van der Waals surface area contributed by atoms with E-state index in [1.807, 2.05) is 6.07 Å². The first-order chi connectivity index (χ1) is 14.5. The highest BCUT2D eigenvalue weighted by molar-refractivity contribution is 7.99. The van der Waals surface area contributed by atoms with E-state index in [-0.39, 0.29) is 10.7 Å². The molecule has 3 aromatic heterocycles. The van der Waals surface area contributed by atoms with Crippen LogP contribution in [0.25, 0.3) is 10.7 Å². The predicted octanol–water partition coefficient (Wildman–Crippen LogP) is 1.09. The number of thioether (sulfide) groups is 1. The quantitative estimate of drug-likeness (QED) is 0.498. The first-order valence-electron chi connectivity index (χ1n) is 8.68. The minimum absolute atomic E-state index is 0.0880. The summed E-state index contributed by atoms with van der Waals surface area (Å²) in [6.07, 6.45) is 1.28. The maximum atomic E-state index is 10.9. The highest BCUT2D eigenvalue weighted by atomic mass is 35.5. The lowest BCUT2D eigenvalue weighted by Gasteiger charge is -2.41. The molecule has 5 atom stereocenters. The van der Waals surface area contributed by atoms with Gasteiger partial charge < -0.3 is 20.1 Å². The van der Waals surface area contributed by atoms with Crippen LogP contribution in [0.1, 0.15) is 11.7 Å². The second kappa shape index (κ2) is 8.94. The highest BCUT2D eigenvalue weighted by Crippen LogP contribution is 2.38. The van der Waals surface area contributed by atoms with Crippen molar-refractivity contribution in [3.05, 3.63) is 40.8 Å². The molecule has 1 aliphatic heterocycles. The van der Waals surface area contributed by atoms with Gasteiger partial charge in [0.05, 0.1) is 17.8 Å². The summed E-state index contributed by atoms with van der Waals surface area (Å²) in [5.74, 6) is 0. The second-order valence-corrected chi connectivity index (χ2v) is 8.82. The Hall–Kier alpha value is -2.11. The number of nitrogens with zero attached hydrogens (tertiary/aromatic N) is 6. The molecule has 30 heavy (non-hydrogen) atoms. The van der Waals surface area contributed by atoms with Crippen LogP contribution in [0.5, 0.6) is 0 Å². The Morgan fingerprint density at radius 3 is 2.83 bits per heavy atom. The number of aromatic nitrogens is 5. The van der Waals surface area contributed by atoms with Crippen LogP contribution in [-0.2, 0) is 4.74 Å². The summed E-state index contributed by atoms with van der Waals surface area (Å²) in [6.45, 7) is -0.456. The maximum Gasteiger partial charge on any atom is 0.159 e. The molecule has 0 spiro atoms. The van der Waals surface area contributed by atoms with Gasteiger partial charge in [-0.3, -0.25) is 0 Å². The summed E-state index contributed by atoms with van der Waals surface area (Å²) in [7, 11) is 0. The summed E-state index contributed by atoms with van der Waals surface area (Å²) in [6, 6.07) is 2.50. The molecule has 4 rings (SSSR count). The minimum Gasteiger partial charge on any atom is -0.394 e. The van der Waals surface area contributed by atoms with E-state index < -0.39 is 36.4 Å². The van der Waals surface area contributed by atoms with Crippen molar-refractivity contribution in [1.29, 1.82) is 5.26 Å². The van der Waals surface area contributed by atoms with E-state index in [1.54, 1.807) is 17.8 Å². The van der Waals surface area contributed by atoms with Crippen molar-refractivity contribution in [2.75, 3.05) is 6.61 Å². The average Bonchev–Trinajstić information content (AvgIpc) is 3.42. The van der Waals surface area contributed by atoms with Crippen LogP contribution >= 0.6 is 34.7 Å². The number of halogens is 1. The number of hydrogen-bond donors (Lipinski definition) is 3. The van der Waals surface area contributed by atoms with Crippen molar-refractivity contribution in [2.45, 2.75) is 34.7 Å². The SMILES string of the molecule is N#Cc1ncc(SC2OC(CO)C(O)C(n3cc(-c4nccs4)nn3)C2O)cc1Cl. The van der Waals surface area contributed by atoms with E-state index in [4.69, 9.17) is 21.6 Å². The summed E-state index contributed by atoms with van der Waals surface area (Å²) >= 11 is 8.52. The highest BCUT2D eigenvalue weighted by Gasteiger charge is 2.46. The van der Waals surface area contributed by atoms with Crippen molar-refractivity contribution in [3.63, 3.8) is 0 Å². The maximum absolute atomic E-state index is 10.9. The molecule has 4 heterocycles. The molecule has 0 amide bonds. The summed E-state index contributed by atoms with van der Waals surface area (Å²) in [5, 5.41) is 51.0. The van der Waals surface area contributed by atoms with Crippen LogP contribution < -0.4 is 0 Å². The number of thiazole rings is 1. The number of aliphatic hydroxyl groups is 3. The van der Waals surface area contributed by atoms with E-state index in [2.05, 4.69) is 20.3 Å². The van der Waals surface area contributed by atoms with Gasteiger partial charge in [0, 0.05) is 22.7 Å². The molecule has 3 N–H and O–H groups in total. The molecule has 156 valence electrons. The van der Waals surface area contributed by atoms with E-state index >= 15 is 0 Å². The number of aliphatic hydroxyl groups excluding tert-OH is 3. The monoisotopic (exact) mass is 466 g/mol. The zero-order valence-corrected chi connectivity index (χ0v) is 17.5. The standard InChI is InChI=1S/C17H15ClN6O4S2/c18-9-3-8(5-21-10(9)4-19)30-17-15(27)13(14(26)12(7-25)28-17)24-6-11(22-23-24)16-20-1-2-29-16/h1-3,5-6,12-15,17,25-27H,7H2. The Morgan fingerprint density at radius 2 is 2.17 bits per heavy atom. The molecular weight excluding hydrogens is 452 g/mol. The predicted molar refractivity (Wildman–Crippen MR) is 108 cm³/mol. The largest absolute Gasteiger partial charge is 0.394 e. The Labute approximate surface area is 183 Å². The van der Waals surface area contributed by atoms with Crippen LogP contribution in [-0.4, -0.2) is 70.6 Å². The molecule has 0 aliphatic carbocycles. The number of ether oxygens (including phenoxy) is 1. The van der Waals surface area contributed by atoms with Gasteiger partial charge in [0.1, 0.15) is 46.6 Å². The lowest BCUT2D eigenvalue weighted by molar-refractivity contribution is -0.178. The zero-order chi connectivity index (χ0) is 21.3. The molecule has 0 radical (unpaired) electrons. The third-order valence-corrected chi connectivity index (χ3v) is 6.69. The van der Waals surface area contributed by atoms with Crippen molar-refractivity contribution < 1.29 is 20.1 Å². The van der Waals surface area contributed by atoms with E-state index in [1.165, 1.54) is 28.3 Å². The van der Waals surface area contributed by atoms with Gasteiger partial charge in [-0.2, -0.15) is 5.26 Å². The first-order valence-corrected chi connectivity index (χ1v) is 10.8. The van der Waals surface area contributed by atoms with E-state index in [0.29, 0.717) is 15.6 Å². The minimum atomic E-state index is -1.23. The van der Waals surface area contributed by atoms with Crippen molar-refractivity contribution in [1.82, 2.24) is 25.0 Å². The van der Waals surface area contributed by atoms with E-state index in [9.17, 15) is 15.3 Å². The fourth-order valence-corrected chi connectivity index (χ4v) is 4.98. The Balaban J connectivity index is 1.60. The number of hydrogen-bond acceptors (Lipinski definition) is 11. The smallest absolute Gasteiger partial charge is 0.159 e. The summed E-state index contributed by atoms with van der Waals surface area (Å²) < 4.78 is 7.05. The third-order valence-electron chi connectivity index (χ3n) is 4.49. The van der Waals surface area contributed by atoms with Crippen molar-refractivity contribution >= 4 is 34.7 Å². The van der Waals surface area contributed by atoms with Crippen LogP contribution in [0, 0.1) is 11.3 Å². The topological polar surface area (TPSA) is 150 Å². The van der Waals surface area contributed by atoms with Crippen LogP contribution in [0.4, 0.5) is 0 Å². The van der Waals surface area contributed by atoms with Gasteiger partial charge in [0.2, 0.25) is 0 Å². The van der Waals surface area contributed by atoms with Crippen molar-refractivity contribution in [2.24, 2.45) is 0 Å².